The summed E-state index contributed by atoms with van der Waals surface area (Å²) in [6, 6.07) is 12.1. The van der Waals surface area contributed by atoms with E-state index in [1.54, 1.807) is 24.7 Å². The fourth-order valence-electron chi connectivity index (χ4n) is 4.74. The Morgan fingerprint density at radius 3 is 2.63 bits per heavy atom. The van der Waals surface area contributed by atoms with Crippen molar-refractivity contribution in [1.82, 2.24) is 29.5 Å². The van der Waals surface area contributed by atoms with Crippen LogP contribution in [-0.4, -0.2) is 61.7 Å². The average Bonchev–Trinajstić information content (AvgIpc) is 3.56. The summed E-state index contributed by atoms with van der Waals surface area (Å²) in [5.74, 6) is 0.312. The van der Waals surface area contributed by atoms with Crippen LogP contribution in [0.25, 0.3) is 27.7 Å². The second-order valence-corrected chi connectivity index (χ2v) is 9.20. The Morgan fingerprint density at radius 2 is 1.86 bits per heavy atom. The van der Waals surface area contributed by atoms with E-state index in [4.69, 9.17) is 0 Å². The van der Waals surface area contributed by atoms with E-state index >= 15 is 4.39 Å². The first-order valence-electron chi connectivity index (χ1n) is 11.9. The molecular formula is C26H27FN8. The lowest BCUT2D eigenvalue weighted by atomic mass is 10.1. The molecule has 4 aromatic heterocycles. The molecule has 1 fully saturated rings. The second-order valence-electron chi connectivity index (χ2n) is 9.20. The number of rotatable bonds is 5. The van der Waals surface area contributed by atoms with Crippen molar-refractivity contribution in [2.75, 3.05) is 36.4 Å². The molecule has 1 aliphatic rings. The molecule has 0 radical (unpaired) electrons. The number of fused-ring (bicyclic) bond motifs is 2. The average molecular weight is 471 g/mol. The number of benzene rings is 1. The molecule has 0 amide bonds. The minimum atomic E-state index is -0.370. The van der Waals surface area contributed by atoms with Crippen LogP contribution in [0.2, 0.25) is 0 Å². The molecule has 0 bridgehead atoms. The summed E-state index contributed by atoms with van der Waals surface area (Å²) in [5, 5.41) is 11.3. The summed E-state index contributed by atoms with van der Waals surface area (Å²) < 4.78 is 16.9. The molecule has 5 heterocycles. The van der Waals surface area contributed by atoms with E-state index in [0.29, 0.717) is 28.8 Å². The van der Waals surface area contributed by atoms with Crippen molar-refractivity contribution < 1.29 is 4.39 Å². The van der Waals surface area contributed by atoms with Gasteiger partial charge in [-0.1, -0.05) is 12.1 Å². The second kappa shape index (κ2) is 8.66. The van der Waals surface area contributed by atoms with Gasteiger partial charge in [-0.3, -0.25) is 14.4 Å². The molecular weight excluding hydrogens is 443 g/mol. The van der Waals surface area contributed by atoms with Crippen LogP contribution < -0.4 is 10.2 Å². The third kappa shape index (κ3) is 3.97. The summed E-state index contributed by atoms with van der Waals surface area (Å²) >= 11 is 0. The maximum absolute atomic E-state index is 15.4. The topological polar surface area (TPSA) is 77.4 Å². The number of imidazole rings is 1. The van der Waals surface area contributed by atoms with Gasteiger partial charge in [-0.2, -0.15) is 9.49 Å². The number of aromatic amines is 1. The number of H-pyrrole nitrogens is 1. The van der Waals surface area contributed by atoms with Crippen LogP contribution in [0.4, 0.5) is 21.6 Å². The summed E-state index contributed by atoms with van der Waals surface area (Å²) in [4.78, 5) is 13.9. The monoisotopic (exact) mass is 470 g/mol. The van der Waals surface area contributed by atoms with Gasteiger partial charge >= 0.3 is 0 Å². The van der Waals surface area contributed by atoms with E-state index < -0.39 is 0 Å². The van der Waals surface area contributed by atoms with Crippen LogP contribution in [0.1, 0.15) is 13.8 Å². The quantitative estimate of drug-likeness (QED) is 0.363. The van der Waals surface area contributed by atoms with Gasteiger partial charge in [0, 0.05) is 55.6 Å². The lowest BCUT2D eigenvalue weighted by molar-refractivity contribution is 0.209. The number of nitrogens with zero attached hydrogens (tertiary/aromatic N) is 6. The number of anilines is 3. The molecule has 0 aliphatic carbocycles. The standard InChI is InChI=1S/C26H27FN8/c1-17(2)33-9-11-34(12-10-33)20-5-6-24(29-16-20)31-23-14-21(25(27)35-8-7-28-26(23)35)18-3-4-19-15-30-32-22(19)13-18/h3-8,13-17H,9-12H2,1-2H3,(H,29,31)(H,30,32). The van der Waals surface area contributed by atoms with Gasteiger partial charge in [-0.15, -0.1) is 0 Å². The van der Waals surface area contributed by atoms with E-state index in [2.05, 4.69) is 55.2 Å². The number of nitrogens with one attached hydrogen (secondary N) is 2. The Labute approximate surface area is 202 Å². The molecule has 0 saturated carbocycles. The zero-order valence-electron chi connectivity index (χ0n) is 19.7. The van der Waals surface area contributed by atoms with Crippen molar-refractivity contribution in [3.63, 3.8) is 0 Å². The highest BCUT2D eigenvalue weighted by Gasteiger charge is 2.20. The number of piperazine rings is 1. The van der Waals surface area contributed by atoms with Crippen molar-refractivity contribution in [3.05, 3.63) is 67.1 Å². The fourth-order valence-corrected chi connectivity index (χ4v) is 4.74. The molecule has 5 aromatic rings. The number of aromatic nitrogens is 5. The SMILES string of the molecule is CC(C)N1CCN(c2ccc(Nc3cc(-c4ccc5cn[nH]c5c4)c(F)n4ccnc34)nc2)CC1. The Hall–Kier alpha value is -3.98. The van der Waals surface area contributed by atoms with Crippen LogP contribution in [0.5, 0.6) is 0 Å². The fraction of sp³-hybridized carbons (Fsp3) is 0.269. The molecule has 1 aliphatic heterocycles. The molecule has 178 valence electrons. The number of hydrogen-bond donors (Lipinski definition) is 2. The number of hydrogen-bond acceptors (Lipinski definition) is 6. The largest absolute Gasteiger partial charge is 0.368 e. The molecule has 8 nitrogen and oxygen atoms in total. The maximum Gasteiger partial charge on any atom is 0.207 e. The van der Waals surface area contributed by atoms with E-state index in [0.717, 1.165) is 48.3 Å². The van der Waals surface area contributed by atoms with Crippen LogP contribution >= 0.6 is 0 Å². The van der Waals surface area contributed by atoms with Crippen molar-refractivity contribution in [2.24, 2.45) is 0 Å². The van der Waals surface area contributed by atoms with Crippen molar-refractivity contribution in [1.29, 1.82) is 0 Å². The van der Waals surface area contributed by atoms with Crippen LogP contribution in [0, 0.1) is 5.95 Å². The van der Waals surface area contributed by atoms with E-state index in [1.807, 2.05) is 30.5 Å². The van der Waals surface area contributed by atoms with Crippen molar-refractivity contribution in [2.45, 2.75) is 19.9 Å². The molecule has 0 atom stereocenters. The summed E-state index contributed by atoms with van der Waals surface area (Å²) in [6.07, 6.45) is 6.87. The Bertz CT molecular complexity index is 1480. The summed E-state index contributed by atoms with van der Waals surface area (Å²) in [5.41, 5.74) is 4.37. The molecule has 35 heavy (non-hydrogen) atoms. The minimum absolute atomic E-state index is 0.370. The minimum Gasteiger partial charge on any atom is -0.368 e. The lowest BCUT2D eigenvalue weighted by Gasteiger charge is -2.38. The van der Waals surface area contributed by atoms with Gasteiger partial charge in [0.25, 0.3) is 0 Å². The van der Waals surface area contributed by atoms with Gasteiger partial charge < -0.3 is 10.2 Å². The first-order chi connectivity index (χ1) is 17.1. The normalized spacial score (nSPS) is 14.9. The van der Waals surface area contributed by atoms with Crippen molar-refractivity contribution in [3.8, 4) is 11.1 Å². The first kappa shape index (κ1) is 21.5. The predicted octanol–water partition coefficient (Wildman–Crippen LogP) is 4.69. The molecule has 6 rings (SSSR count). The van der Waals surface area contributed by atoms with Crippen LogP contribution in [-0.2, 0) is 0 Å². The highest BCUT2D eigenvalue weighted by atomic mass is 19.1. The molecule has 2 N–H and O–H groups in total. The highest BCUT2D eigenvalue weighted by molar-refractivity contribution is 5.86. The van der Waals surface area contributed by atoms with E-state index in [-0.39, 0.29) is 5.95 Å². The number of halogens is 1. The smallest absolute Gasteiger partial charge is 0.207 e. The summed E-state index contributed by atoms with van der Waals surface area (Å²) in [6.45, 7) is 8.57. The molecule has 1 saturated heterocycles. The molecule has 1 aromatic carbocycles. The molecule has 0 spiro atoms. The van der Waals surface area contributed by atoms with E-state index in [1.165, 1.54) is 4.40 Å². The van der Waals surface area contributed by atoms with Crippen LogP contribution in [0.3, 0.4) is 0 Å². The Morgan fingerprint density at radius 1 is 1.00 bits per heavy atom. The van der Waals surface area contributed by atoms with Gasteiger partial charge in [0.1, 0.15) is 5.82 Å². The van der Waals surface area contributed by atoms with Gasteiger partial charge in [-0.25, -0.2) is 9.97 Å². The lowest BCUT2D eigenvalue weighted by Crippen LogP contribution is -2.48. The van der Waals surface area contributed by atoms with Gasteiger partial charge in [0.15, 0.2) is 5.65 Å². The summed E-state index contributed by atoms with van der Waals surface area (Å²) in [7, 11) is 0. The number of pyridine rings is 2. The molecule has 9 heteroatoms. The zero-order valence-corrected chi connectivity index (χ0v) is 19.7. The Balaban J connectivity index is 1.28. The van der Waals surface area contributed by atoms with Gasteiger partial charge in [0.05, 0.1) is 29.3 Å². The zero-order chi connectivity index (χ0) is 23.9. The van der Waals surface area contributed by atoms with Gasteiger partial charge in [0.2, 0.25) is 5.95 Å². The highest BCUT2D eigenvalue weighted by Crippen LogP contribution is 2.32. The van der Waals surface area contributed by atoms with Crippen LogP contribution in [0.15, 0.2) is 61.2 Å². The van der Waals surface area contributed by atoms with Gasteiger partial charge in [-0.05, 0) is 43.7 Å². The van der Waals surface area contributed by atoms with E-state index in [9.17, 15) is 0 Å². The third-order valence-electron chi connectivity index (χ3n) is 6.78. The predicted molar refractivity (Wildman–Crippen MR) is 137 cm³/mol. The maximum atomic E-state index is 15.4. The first-order valence-corrected chi connectivity index (χ1v) is 11.9. The molecule has 0 unspecified atom stereocenters. The van der Waals surface area contributed by atoms with Crippen molar-refractivity contribution >= 4 is 33.7 Å². The Kier molecular flexibility index (Phi) is 5.33. The third-order valence-corrected chi connectivity index (χ3v) is 6.78.